The van der Waals surface area contributed by atoms with E-state index in [1.54, 1.807) is 43.6 Å². The Bertz CT molecular complexity index is 970. The number of aromatic nitrogens is 1. The molecule has 0 aliphatic carbocycles. The van der Waals surface area contributed by atoms with Gasteiger partial charge in [-0.3, -0.25) is 14.6 Å². The van der Waals surface area contributed by atoms with E-state index < -0.39 is 12.0 Å². The van der Waals surface area contributed by atoms with Crippen LogP contribution < -0.4 is 9.47 Å². The van der Waals surface area contributed by atoms with E-state index in [-0.39, 0.29) is 11.8 Å². The smallest absolute Gasteiger partial charge is 0.254 e. The second-order valence-electron chi connectivity index (χ2n) is 8.43. The van der Waals surface area contributed by atoms with Crippen molar-refractivity contribution in [1.29, 1.82) is 0 Å². The van der Waals surface area contributed by atoms with Crippen molar-refractivity contribution in [3.63, 3.8) is 0 Å². The number of pyridine rings is 1. The maximum atomic E-state index is 13.9. The number of carbonyl (C=O) groups excluding carboxylic acids is 2. The highest BCUT2D eigenvalue weighted by Crippen LogP contribution is 2.46. The van der Waals surface area contributed by atoms with E-state index in [2.05, 4.69) is 11.9 Å². The summed E-state index contributed by atoms with van der Waals surface area (Å²) >= 11 is 0. The number of amides is 2. The van der Waals surface area contributed by atoms with Crippen molar-refractivity contribution in [1.82, 2.24) is 14.8 Å². The number of methoxy groups -OCH3 is 2. The molecule has 0 saturated carbocycles. The molecule has 7 nitrogen and oxygen atoms in total. The van der Waals surface area contributed by atoms with Crippen LogP contribution in [-0.4, -0.2) is 61.0 Å². The zero-order valence-corrected chi connectivity index (χ0v) is 18.5. The lowest BCUT2D eigenvalue weighted by Gasteiger charge is -2.42. The van der Waals surface area contributed by atoms with E-state index in [1.165, 1.54) is 7.11 Å². The largest absolute Gasteiger partial charge is 0.493 e. The number of likely N-dealkylation sites (N-methyl/N-ethyl adjacent to an activating group) is 1. The highest BCUT2D eigenvalue weighted by Gasteiger charge is 2.45. The van der Waals surface area contributed by atoms with Crippen LogP contribution in [0.15, 0.2) is 36.7 Å². The van der Waals surface area contributed by atoms with Crippen LogP contribution in [-0.2, 0) is 4.79 Å². The minimum absolute atomic E-state index is 0.0357. The number of ether oxygens (including phenoxy) is 2. The Morgan fingerprint density at radius 3 is 2.42 bits per heavy atom. The number of nitrogens with zero attached hydrogens (tertiary/aromatic N) is 3. The molecule has 0 N–H and O–H groups in total. The van der Waals surface area contributed by atoms with Crippen LogP contribution in [0.3, 0.4) is 0 Å². The summed E-state index contributed by atoms with van der Waals surface area (Å²) < 4.78 is 10.9. The van der Waals surface area contributed by atoms with Gasteiger partial charge in [0, 0.05) is 38.1 Å². The number of hydrogen-bond acceptors (Lipinski definition) is 5. The summed E-state index contributed by atoms with van der Waals surface area (Å²) in [6.45, 7) is 3.69. The lowest BCUT2D eigenvalue weighted by Crippen LogP contribution is -2.48. The fourth-order valence-electron chi connectivity index (χ4n) is 4.71. The van der Waals surface area contributed by atoms with Gasteiger partial charge in [-0.25, -0.2) is 0 Å². The maximum Gasteiger partial charge on any atom is 0.254 e. The van der Waals surface area contributed by atoms with Gasteiger partial charge < -0.3 is 19.3 Å². The van der Waals surface area contributed by atoms with E-state index in [0.29, 0.717) is 28.5 Å². The summed E-state index contributed by atoms with van der Waals surface area (Å²) in [7, 11) is 4.85. The van der Waals surface area contributed by atoms with Gasteiger partial charge in [-0.05, 0) is 48.1 Å². The molecule has 0 spiro atoms. The van der Waals surface area contributed by atoms with E-state index >= 15 is 0 Å². The number of piperidine rings is 1. The molecule has 7 heteroatoms. The molecule has 2 aromatic rings. The Kier molecular flexibility index (Phi) is 5.85. The average molecular weight is 424 g/mol. The molecule has 1 aromatic heterocycles. The number of hydrogen-bond donors (Lipinski definition) is 0. The minimum Gasteiger partial charge on any atom is -0.493 e. The first-order valence-corrected chi connectivity index (χ1v) is 10.7. The van der Waals surface area contributed by atoms with Gasteiger partial charge in [0.2, 0.25) is 5.91 Å². The van der Waals surface area contributed by atoms with Crippen molar-refractivity contribution in [2.24, 2.45) is 5.92 Å². The van der Waals surface area contributed by atoms with Crippen LogP contribution in [0, 0.1) is 5.92 Å². The Balaban J connectivity index is 1.87. The monoisotopic (exact) mass is 423 g/mol. The molecule has 164 valence electrons. The van der Waals surface area contributed by atoms with Crippen LogP contribution in [0.25, 0.3) is 0 Å². The highest BCUT2D eigenvalue weighted by atomic mass is 16.5. The van der Waals surface area contributed by atoms with Crippen LogP contribution >= 0.6 is 0 Å². The number of likely N-dealkylation sites (tertiary alicyclic amines) is 1. The summed E-state index contributed by atoms with van der Waals surface area (Å²) in [5.41, 5.74) is 1.99. The van der Waals surface area contributed by atoms with E-state index in [1.807, 2.05) is 17.0 Å². The molecule has 31 heavy (non-hydrogen) atoms. The van der Waals surface area contributed by atoms with Gasteiger partial charge >= 0.3 is 0 Å². The quantitative estimate of drug-likeness (QED) is 0.755. The van der Waals surface area contributed by atoms with Crippen molar-refractivity contribution >= 4 is 11.8 Å². The van der Waals surface area contributed by atoms with Crippen LogP contribution in [0.5, 0.6) is 11.5 Å². The Hall–Kier alpha value is -3.09. The molecule has 3 heterocycles. The highest BCUT2D eigenvalue weighted by molar-refractivity contribution is 6.02. The lowest BCUT2D eigenvalue weighted by atomic mass is 9.79. The lowest BCUT2D eigenvalue weighted by molar-refractivity contribution is -0.135. The molecular weight excluding hydrogens is 394 g/mol. The van der Waals surface area contributed by atoms with Crippen LogP contribution in [0.1, 0.15) is 53.2 Å². The van der Waals surface area contributed by atoms with Crippen LogP contribution in [0.4, 0.5) is 0 Å². The molecule has 1 fully saturated rings. The zero-order chi connectivity index (χ0) is 22.1. The first kappa shape index (κ1) is 21.2. The summed E-state index contributed by atoms with van der Waals surface area (Å²) in [6.07, 6.45) is 5.41. The standard InChI is InChI=1S/C24H29N3O4/c1-15-7-10-27(11-8-15)24(29)21-17-12-19(30-3)20(31-4)13-18(17)23(28)26(2)22(21)16-6-5-9-25-14-16/h5-6,9,12-15,21-22H,7-8,10-11H2,1-4H3/t21-,22+/m1/s1. The van der Waals surface area contributed by atoms with E-state index in [9.17, 15) is 9.59 Å². The second-order valence-corrected chi connectivity index (χ2v) is 8.43. The third kappa shape index (κ3) is 3.73. The number of rotatable bonds is 4. The Labute approximate surface area is 183 Å². The molecule has 2 amide bonds. The van der Waals surface area contributed by atoms with Gasteiger partial charge in [-0.2, -0.15) is 0 Å². The maximum absolute atomic E-state index is 13.9. The van der Waals surface area contributed by atoms with Gasteiger partial charge in [0.15, 0.2) is 11.5 Å². The number of carbonyl (C=O) groups is 2. The molecule has 0 radical (unpaired) electrons. The summed E-state index contributed by atoms with van der Waals surface area (Å²) in [5.74, 6) is 0.935. The predicted molar refractivity (Wildman–Crippen MR) is 116 cm³/mol. The summed E-state index contributed by atoms with van der Waals surface area (Å²) in [6, 6.07) is 6.79. The summed E-state index contributed by atoms with van der Waals surface area (Å²) in [4.78, 5) is 35.1. The number of fused-ring (bicyclic) bond motifs is 1. The minimum atomic E-state index is -0.546. The van der Waals surface area contributed by atoms with E-state index in [4.69, 9.17) is 9.47 Å². The molecule has 4 rings (SSSR count). The van der Waals surface area contributed by atoms with Gasteiger partial charge in [-0.15, -0.1) is 0 Å². The molecular formula is C24H29N3O4. The van der Waals surface area contributed by atoms with Crippen LogP contribution in [0.2, 0.25) is 0 Å². The normalized spacial score (nSPS) is 21.6. The molecule has 2 aliphatic heterocycles. The zero-order valence-electron chi connectivity index (χ0n) is 18.5. The molecule has 0 unspecified atom stereocenters. The Morgan fingerprint density at radius 1 is 1.13 bits per heavy atom. The molecule has 2 aliphatic rings. The van der Waals surface area contributed by atoms with Crippen molar-refractivity contribution in [3.05, 3.63) is 53.3 Å². The Morgan fingerprint density at radius 2 is 1.81 bits per heavy atom. The van der Waals surface area contributed by atoms with Crippen molar-refractivity contribution in [3.8, 4) is 11.5 Å². The molecule has 1 saturated heterocycles. The van der Waals surface area contributed by atoms with E-state index in [0.717, 1.165) is 31.5 Å². The molecule has 2 atom stereocenters. The van der Waals surface area contributed by atoms with Crippen molar-refractivity contribution in [2.75, 3.05) is 34.4 Å². The summed E-state index contributed by atoms with van der Waals surface area (Å²) in [5, 5.41) is 0. The number of benzene rings is 1. The predicted octanol–water partition coefficient (Wildman–Crippen LogP) is 3.27. The first-order chi connectivity index (χ1) is 15.0. The van der Waals surface area contributed by atoms with Gasteiger partial charge in [0.1, 0.15) is 0 Å². The third-order valence-electron chi connectivity index (χ3n) is 6.56. The van der Waals surface area contributed by atoms with Crippen molar-refractivity contribution < 1.29 is 19.1 Å². The van der Waals surface area contributed by atoms with Gasteiger partial charge in [-0.1, -0.05) is 13.0 Å². The first-order valence-electron chi connectivity index (χ1n) is 10.7. The van der Waals surface area contributed by atoms with Gasteiger partial charge in [0.25, 0.3) is 5.91 Å². The second kappa shape index (κ2) is 8.57. The molecule has 1 aromatic carbocycles. The fraction of sp³-hybridized carbons (Fsp3) is 0.458. The SMILES string of the molecule is COc1cc2c(cc1OC)[C@@H](C(=O)N1CCC(C)CC1)[C@H](c1cccnc1)N(C)C2=O. The topological polar surface area (TPSA) is 72.0 Å². The molecule has 0 bridgehead atoms. The van der Waals surface area contributed by atoms with Crippen molar-refractivity contribution in [2.45, 2.75) is 31.7 Å². The fourth-order valence-corrected chi connectivity index (χ4v) is 4.71. The third-order valence-corrected chi connectivity index (χ3v) is 6.56. The average Bonchev–Trinajstić information content (AvgIpc) is 2.81. The van der Waals surface area contributed by atoms with Gasteiger partial charge in [0.05, 0.1) is 26.2 Å².